The van der Waals surface area contributed by atoms with Gasteiger partial charge in [-0.15, -0.1) is 4.91 Å². The van der Waals surface area contributed by atoms with Crippen LogP contribution in [-0.4, -0.2) is 34.8 Å². The van der Waals surface area contributed by atoms with Gasteiger partial charge in [0.1, 0.15) is 17.7 Å². The van der Waals surface area contributed by atoms with Gasteiger partial charge in [-0.2, -0.15) is 0 Å². The van der Waals surface area contributed by atoms with E-state index in [1.165, 1.54) is 6.34 Å². The van der Waals surface area contributed by atoms with Crippen LogP contribution in [0, 0.1) is 17.7 Å². The summed E-state index contributed by atoms with van der Waals surface area (Å²) in [6, 6.07) is 4.95. The van der Waals surface area contributed by atoms with E-state index in [4.69, 9.17) is 0 Å². The van der Waals surface area contributed by atoms with Crippen LogP contribution in [0.25, 0.3) is 0 Å². The van der Waals surface area contributed by atoms with Crippen molar-refractivity contribution in [1.82, 2.24) is 10.4 Å². The maximum absolute atomic E-state index is 11.3. The lowest BCUT2D eigenvalue weighted by Crippen LogP contribution is -2.41. The van der Waals surface area contributed by atoms with Gasteiger partial charge in [0.15, 0.2) is 5.84 Å². The van der Waals surface area contributed by atoms with Gasteiger partial charge in [-0.05, 0) is 42.3 Å². The van der Waals surface area contributed by atoms with E-state index in [0.29, 0.717) is 29.3 Å². The molecule has 0 fully saturated rings. The summed E-state index contributed by atoms with van der Waals surface area (Å²) in [5.74, 6) is -1.07. The molecule has 8 nitrogen and oxygen atoms in total. The first-order valence-corrected chi connectivity index (χ1v) is 7.04. The van der Waals surface area contributed by atoms with Crippen molar-refractivity contribution in [2.75, 3.05) is 6.54 Å². The zero-order valence-corrected chi connectivity index (χ0v) is 12.6. The summed E-state index contributed by atoms with van der Waals surface area (Å²) in [4.78, 5) is 30.8. The van der Waals surface area contributed by atoms with Crippen LogP contribution >= 0.6 is 0 Å². The van der Waals surface area contributed by atoms with Crippen LogP contribution in [0.2, 0.25) is 0 Å². The average Bonchev–Trinajstić information content (AvgIpc) is 2.88. The number of carboxylic acid groups (broad SMARTS) is 1. The van der Waals surface area contributed by atoms with Crippen LogP contribution in [-0.2, 0) is 4.79 Å². The summed E-state index contributed by atoms with van der Waals surface area (Å²) >= 11 is 0. The molecule has 2 aliphatic heterocycles. The van der Waals surface area contributed by atoms with Crippen molar-refractivity contribution in [1.29, 1.82) is 0 Å². The molecule has 8 heteroatoms. The van der Waals surface area contributed by atoms with Crippen LogP contribution in [0.3, 0.4) is 0 Å². The van der Waals surface area contributed by atoms with Crippen LogP contribution in [0.4, 0.5) is 11.4 Å². The molecular weight excluding hydrogens is 298 g/mol. The van der Waals surface area contributed by atoms with Gasteiger partial charge in [0.05, 0.1) is 18.2 Å². The number of aliphatic imine (C=N–C) groups is 2. The number of benzene rings is 1. The molecule has 2 N–H and O–H groups in total. The number of nitroso groups, excluding NO2 is 1. The molecule has 0 saturated heterocycles. The number of aliphatic carboxylic acids is 1. The normalized spacial score (nSPS) is 21.4. The summed E-state index contributed by atoms with van der Waals surface area (Å²) in [6.07, 6.45) is 1.47. The van der Waals surface area contributed by atoms with E-state index in [1.54, 1.807) is 30.1 Å². The molecule has 23 heavy (non-hydrogen) atoms. The molecule has 0 aromatic heterocycles. The van der Waals surface area contributed by atoms with Gasteiger partial charge in [-0.1, -0.05) is 6.07 Å². The Kier molecular flexibility index (Phi) is 3.65. The zero-order valence-electron chi connectivity index (χ0n) is 12.6. The van der Waals surface area contributed by atoms with Gasteiger partial charge < -0.3 is 5.11 Å². The maximum Gasteiger partial charge on any atom is 0.312 e. The van der Waals surface area contributed by atoms with Crippen molar-refractivity contribution in [3.63, 3.8) is 0 Å². The summed E-state index contributed by atoms with van der Waals surface area (Å²) in [6.45, 7) is 3.95. The fourth-order valence-electron chi connectivity index (χ4n) is 2.66. The van der Waals surface area contributed by atoms with E-state index in [9.17, 15) is 14.8 Å². The number of hydrogen-bond donors (Lipinski definition) is 2. The summed E-state index contributed by atoms with van der Waals surface area (Å²) < 4.78 is 0. The fraction of sp³-hybridized carbons (Fsp3) is 0.267. The third-order valence-corrected chi connectivity index (χ3v) is 3.97. The Morgan fingerprint density at radius 2 is 2.22 bits per heavy atom. The second kappa shape index (κ2) is 5.64. The molecule has 1 atom stereocenters. The highest BCUT2D eigenvalue weighted by Crippen LogP contribution is 2.32. The van der Waals surface area contributed by atoms with Crippen molar-refractivity contribution in [3.8, 4) is 0 Å². The Morgan fingerprint density at radius 1 is 1.43 bits per heavy atom. The highest BCUT2D eigenvalue weighted by atomic mass is 16.4. The maximum atomic E-state index is 11.3. The molecule has 118 valence electrons. The van der Waals surface area contributed by atoms with E-state index >= 15 is 0 Å². The molecule has 0 bridgehead atoms. The van der Waals surface area contributed by atoms with Crippen molar-refractivity contribution >= 4 is 29.5 Å². The van der Waals surface area contributed by atoms with Crippen LogP contribution < -0.4 is 5.43 Å². The summed E-state index contributed by atoms with van der Waals surface area (Å²) in [5.41, 5.74) is 6.01. The predicted octanol–water partition coefficient (Wildman–Crippen LogP) is 2.26. The van der Waals surface area contributed by atoms with Gasteiger partial charge in [0, 0.05) is 0 Å². The van der Waals surface area contributed by atoms with Crippen molar-refractivity contribution in [3.05, 3.63) is 39.9 Å². The smallest absolute Gasteiger partial charge is 0.312 e. The molecule has 3 rings (SSSR count). The Hall–Kier alpha value is -3.03. The van der Waals surface area contributed by atoms with Gasteiger partial charge in [0.2, 0.25) is 0 Å². The van der Waals surface area contributed by atoms with E-state index in [2.05, 4.69) is 20.6 Å². The lowest BCUT2D eigenvalue weighted by molar-refractivity contribution is -0.140. The lowest BCUT2D eigenvalue weighted by atomic mass is 10.0. The highest BCUT2D eigenvalue weighted by molar-refractivity contribution is 6.06. The minimum atomic E-state index is -0.881. The number of aryl methyl sites for hydroxylation is 1. The Morgan fingerprint density at radius 3 is 2.91 bits per heavy atom. The number of hydrazine groups is 1. The molecule has 2 aliphatic rings. The van der Waals surface area contributed by atoms with E-state index < -0.39 is 11.9 Å². The molecule has 1 aromatic rings. The van der Waals surface area contributed by atoms with Gasteiger partial charge in [-0.25, -0.2) is 9.98 Å². The Balaban J connectivity index is 2.08. The number of hydrogen-bond acceptors (Lipinski definition) is 6. The van der Waals surface area contributed by atoms with Gasteiger partial charge in [0.25, 0.3) is 0 Å². The molecular formula is C15H15N5O3. The number of rotatable bonds is 3. The number of carboxylic acids is 1. The Bertz CT molecular complexity index is 781. The number of fused-ring (bicyclic) bond motifs is 1. The fourth-order valence-corrected chi connectivity index (χ4v) is 2.66. The first-order chi connectivity index (χ1) is 11.0. The third-order valence-electron chi connectivity index (χ3n) is 3.97. The van der Waals surface area contributed by atoms with Crippen LogP contribution in [0.5, 0.6) is 0 Å². The van der Waals surface area contributed by atoms with Crippen LogP contribution in [0.1, 0.15) is 12.5 Å². The van der Waals surface area contributed by atoms with Crippen molar-refractivity contribution < 1.29 is 9.90 Å². The van der Waals surface area contributed by atoms with Crippen LogP contribution in [0.15, 0.2) is 44.6 Å². The monoisotopic (exact) mass is 313 g/mol. The molecule has 0 aliphatic carbocycles. The molecule has 0 spiro atoms. The zero-order chi connectivity index (χ0) is 16.6. The SMILES string of the molecule is CC1=C2C(=Nc3cc(N=O)ccc3C)N=CNN2CC1C(=O)O. The van der Waals surface area contributed by atoms with E-state index in [-0.39, 0.29) is 5.69 Å². The molecule has 1 aromatic carbocycles. The number of nitrogens with zero attached hydrogens (tertiary/aromatic N) is 4. The van der Waals surface area contributed by atoms with E-state index in [1.807, 2.05) is 6.92 Å². The second-order valence-electron chi connectivity index (χ2n) is 5.42. The van der Waals surface area contributed by atoms with Gasteiger partial charge in [-0.3, -0.25) is 15.2 Å². The minimum absolute atomic E-state index is 0.283. The molecule has 0 amide bonds. The first-order valence-electron chi connectivity index (χ1n) is 7.04. The summed E-state index contributed by atoms with van der Waals surface area (Å²) in [5, 5.41) is 13.9. The number of carbonyl (C=O) groups is 1. The highest BCUT2D eigenvalue weighted by Gasteiger charge is 2.37. The van der Waals surface area contributed by atoms with Gasteiger partial charge >= 0.3 is 5.97 Å². The quantitative estimate of drug-likeness (QED) is 0.832. The molecule has 0 saturated carbocycles. The number of amidine groups is 1. The molecule has 1 unspecified atom stereocenters. The lowest BCUT2D eigenvalue weighted by Gasteiger charge is -2.25. The van der Waals surface area contributed by atoms with Crippen molar-refractivity contribution in [2.45, 2.75) is 13.8 Å². The van der Waals surface area contributed by atoms with E-state index in [0.717, 1.165) is 5.56 Å². The first kappa shape index (κ1) is 14.9. The summed E-state index contributed by atoms with van der Waals surface area (Å²) in [7, 11) is 0. The largest absolute Gasteiger partial charge is 0.481 e. The minimum Gasteiger partial charge on any atom is -0.481 e. The second-order valence-corrected chi connectivity index (χ2v) is 5.42. The predicted molar refractivity (Wildman–Crippen MR) is 85.9 cm³/mol. The standard InChI is InChI=1S/C15H15N5O3/c1-8-3-4-10(19-23)5-12(8)18-14-13-9(2)11(15(21)22)6-20(13)17-7-16-14/h3-5,7,11H,6H2,1-2H3,(H,21,22)(H,16,17,18). The topological polar surface area (TPSA) is 107 Å². The average molecular weight is 313 g/mol. The third kappa shape index (κ3) is 2.59. The van der Waals surface area contributed by atoms with Crippen molar-refractivity contribution in [2.24, 2.45) is 21.1 Å². The molecule has 0 radical (unpaired) electrons. The number of nitrogens with one attached hydrogen (secondary N) is 1. The molecule has 2 heterocycles. The Labute approximate surface area is 132 Å².